The van der Waals surface area contributed by atoms with Crippen molar-refractivity contribution in [1.82, 2.24) is 0 Å². The van der Waals surface area contributed by atoms with E-state index in [4.69, 9.17) is 9.47 Å². The van der Waals surface area contributed by atoms with Crippen LogP contribution >= 0.6 is 0 Å². The SMILES string of the molecule is CCCCOc1ccc(F)c(F)c1OCCCC. The number of unbranched alkanes of at least 4 members (excludes halogenated alkanes) is 2. The van der Waals surface area contributed by atoms with Gasteiger partial charge in [-0.3, -0.25) is 0 Å². The molecule has 0 atom stereocenters. The summed E-state index contributed by atoms with van der Waals surface area (Å²) >= 11 is 0. The van der Waals surface area contributed by atoms with Gasteiger partial charge < -0.3 is 9.47 Å². The Labute approximate surface area is 107 Å². The van der Waals surface area contributed by atoms with Gasteiger partial charge in [-0.1, -0.05) is 26.7 Å². The lowest BCUT2D eigenvalue weighted by atomic mass is 10.3. The van der Waals surface area contributed by atoms with Gasteiger partial charge in [0, 0.05) is 0 Å². The van der Waals surface area contributed by atoms with Gasteiger partial charge in [-0.15, -0.1) is 0 Å². The summed E-state index contributed by atoms with van der Waals surface area (Å²) < 4.78 is 37.5. The van der Waals surface area contributed by atoms with E-state index in [9.17, 15) is 8.78 Å². The van der Waals surface area contributed by atoms with Crippen LogP contribution in [0.5, 0.6) is 11.5 Å². The summed E-state index contributed by atoms with van der Waals surface area (Å²) in [6.45, 7) is 4.88. The molecule has 4 heteroatoms. The molecule has 0 N–H and O–H groups in total. The van der Waals surface area contributed by atoms with Crippen molar-refractivity contribution in [3.05, 3.63) is 23.8 Å². The lowest BCUT2D eigenvalue weighted by molar-refractivity contribution is 0.248. The highest BCUT2D eigenvalue weighted by Crippen LogP contribution is 2.32. The highest BCUT2D eigenvalue weighted by Gasteiger charge is 2.16. The molecule has 0 radical (unpaired) electrons. The molecule has 102 valence electrons. The largest absolute Gasteiger partial charge is 0.490 e. The van der Waals surface area contributed by atoms with Crippen LogP contribution in [0.2, 0.25) is 0 Å². The molecule has 0 aliphatic heterocycles. The Balaban J connectivity index is 2.76. The maximum atomic E-state index is 13.6. The summed E-state index contributed by atoms with van der Waals surface area (Å²) in [4.78, 5) is 0. The van der Waals surface area contributed by atoms with Crippen LogP contribution in [0.1, 0.15) is 39.5 Å². The van der Waals surface area contributed by atoms with E-state index in [1.165, 1.54) is 6.07 Å². The first-order chi connectivity index (χ1) is 8.70. The fourth-order valence-electron chi connectivity index (χ4n) is 1.41. The molecule has 0 heterocycles. The van der Waals surface area contributed by atoms with Crippen LogP contribution in [0.15, 0.2) is 12.1 Å². The molecule has 0 amide bonds. The van der Waals surface area contributed by atoms with E-state index in [0.29, 0.717) is 13.2 Å². The molecule has 1 aromatic carbocycles. The summed E-state index contributed by atoms with van der Waals surface area (Å²) in [5, 5.41) is 0. The predicted octanol–water partition coefficient (Wildman–Crippen LogP) is 4.32. The van der Waals surface area contributed by atoms with Gasteiger partial charge in [0.05, 0.1) is 13.2 Å². The molecule has 0 aliphatic carbocycles. The van der Waals surface area contributed by atoms with Gasteiger partial charge in [0.1, 0.15) is 0 Å². The van der Waals surface area contributed by atoms with Gasteiger partial charge in [-0.2, -0.15) is 4.39 Å². The fourth-order valence-corrected chi connectivity index (χ4v) is 1.41. The topological polar surface area (TPSA) is 18.5 Å². The Kier molecular flexibility index (Phi) is 6.47. The predicted molar refractivity (Wildman–Crippen MR) is 67.2 cm³/mol. The number of benzene rings is 1. The van der Waals surface area contributed by atoms with Crippen molar-refractivity contribution in [3.8, 4) is 11.5 Å². The minimum atomic E-state index is -0.972. The van der Waals surface area contributed by atoms with Crippen molar-refractivity contribution in [2.24, 2.45) is 0 Å². The molecule has 0 fully saturated rings. The molecule has 0 saturated carbocycles. The van der Waals surface area contributed by atoms with Crippen molar-refractivity contribution >= 4 is 0 Å². The normalized spacial score (nSPS) is 10.4. The highest BCUT2D eigenvalue weighted by atomic mass is 19.2. The Morgan fingerprint density at radius 3 is 2.17 bits per heavy atom. The first-order valence-corrected chi connectivity index (χ1v) is 6.44. The maximum absolute atomic E-state index is 13.6. The molecule has 0 unspecified atom stereocenters. The fraction of sp³-hybridized carbons (Fsp3) is 0.571. The lowest BCUT2D eigenvalue weighted by Crippen LogP contribution is -2.05. The number of ether oxygens (including phenoxy) is 2. The molecule has 2 nitrogen and oxygen atoms in total. The van der Waals surface area contributed by atoms with E-state index in [0.717, 1.165) is 31.7 Å². The van der Waals surface area contributed by atoms with Crippen molar-refractivity contribution in [3.63, 3.8) is 0 Å². The van der Waals surface area contributed by atoms with Crippen molar-refractivity contribution in [2.75, 3.05) is 13.2 Å². The Morgan fingerprint density at radius 1 is 0.944 bits per heavy atom. The first kappa shape index (κ1) is 14.7. The van der Waals surface area contributed by atoms with Gasteiger partial charge in [0.25, 0.3) is 0 Å². The zero-order chi connectivity index (χ0) is 13.4. The van der Waals surface area contributed by atoms with Crippen LogP contribution in [0.3, 0.4) is 0 Å². The molecule has 0 bridgehead atoms. The molecule has 0 aliphatic rings. The van der Waals surface area contributed by atoms with E-state index in [1.807, 2.05) is 13.8 Å². The summed E-state index contributed by atoms with van der Waals surface area (Å²) in [6.07, 6.45) is 3.58. The number of hydrogen-bond donors (Lipinski definition) is 0. The van der Waals surface area contributed by atoms with Crippen LogP contribution in [0.25, 0.3) is 0 Å². The van der Waals surface area contributed by atoms with E-state index >= 15 is 0 Å². The highest BCUT2D eigenvalue weighted by molar-refractivity contribution is 5.41. The number of halogens is 2. The summed E-state index contributed by atoms with van der Waals surface area (Å²) in [6, 6.07) is 2.47. The molecule has 0 aromatic heterocycles. The van der Waals surface area contributed by atoms with Crippen LogP contribution in [0, 0.1) is 11.6 Å². The van der Waals surface area contributed by atoms with E-state index in [1.54, 1.807) is 0 Å². The minimum absolute atomic E-state index is 0.112. The molecule has 1 aromatic rings. The molecule has 0 spiro atoms. The van der Waals surface area contributed by atoms with Crippen LogP contribution in [-0.4, -0.2) is 13.2 Å². The first-order valence-electron chi connectivity index (χ1n) is 6.44. The van der Waals surface area contributed by atoms with Crippen LogP contribution in [0.4, 0.5) is 8.78 Å². The molecular weight excluding hydrogens is 238 g/mol. The molecule has 0 saturated heterocycles. The lowest BCUT2D eigenvalue weighted by Gasteiger charge is -2.13. The van der Waals surface area contributed by atoms with Crippen LogP contribution in [-0.2, 0) is 0 Å². The third kappa shape index (κ3) is 4.17. The zero-order valence-corrected chi connectivity index (χ0v) is 11.0. The summed E-state index contributed by atoms with van der Waals surface area (Å²) in [7, 11) is 0. The number of rotatable bonds is 8. The average molecular weight is 258 g/mol. The summed E-state index contributed by atoms with van der Waals surface area (Å²) in [5.41, 5.74) is 0. The van der Waals surface area contributed by atoms with Crippen molar-refractivity contribution in [2.45, 2.75) is 39.5 Å². The van der Waals surface area contributed by atoms with E-state index in [2.05, 4.69) is 0 Å². The second-order valence-corrected chi connectivity index (χ2v) is 4.09. The van der Waals surface area contributed by atoms with Gasteiger partial charge in [0.15, 0.2) is 17.3 Å². The van der Waals surface area contributed by atoms with Gasteiger partial charge in [-0.05, 0) is 25.0 Å². The van der Waals surface area contributed by atoms with Gasteiger partial charge in [0.2, 0.25) is 5.82 Å². The van der Waals surface area contributed by atoms with E-state index < -0.39 is 11.6 Å². The maximum Gasteiger partial charge on any atom is 0.204 e. The Bertz CT molecular complexity index is 367. The smallest absolute Gasteiger partial charge is 0.204 e. The van der Waals surface area contributed by atoms with Gasteiger partial charge >= 0.3 is 0 Å². The van der Waals surface area contributed by atoms with E-state index in [-0.39, 0.29) is 11.5 Å². The monoisotopic (exact) mass is 258 g/mol. The third-order valence-electron chi connectivity index (χ3n) is 2.51. The Hall–Kier alpha value is -1.32. The van der Waals surface area contributed by atoms with Crippen LogP contribution < -0.4 is 9.47 Å². The zero-order valence-electron chi connectivity index (χ0n) is 11.0. The third-order valence-corrected chi connectivity index (χ3v) is 2.51. The second kappa shape index (κ2) is 7.90. The Morgan fingerprint density at radius 2 is 1.56 bits per heavy atom. The summed E-state index contributed by atoms with van der Waals surface area (Å²) in [5.74, 6) is -1.72. The molecular formula is C14H20F2O2. The second-order valence-electron chi connectivity index (χ2n) is 4.09. The van der Waals surface area contributed by atoms with Gasteiger partial charge in [-0.25, -0.2) is 4.39 Å². The van der Waals surface area contributed by atoms with Crippen molar-refractivity contribution in [1.29, 1.82) is 0 Å². The quantitative estimate of drug-likeness (QED) is 0.646. The molecule has 1 rings (SSSR count). The molecule has 18 heavy (non-hydrogen) atoms. The van der Waals surface area contributed by atoms with Crippen molar-refractivity contribution < 1.29 is 18.3 Å². The number of hydrogen-bond acceptors (Lipinski definition) is 2. The standard InChI is InChI=1S/C14H20F2O2/c1-3-5-9-17-12-8-7-11(15)13(16)14(12)18-10-6-4-2/h7-8H,3-6,9-10H2,1-2H3. The average Bonchev–Trinajstić information content (AvgIpc) is 2.37. The minimum Gasteiger partial charge on any atom is -0.490 e.